The molecular weight excluding hydrogens is 564 g/mol. The third-order valence-electron chi connectivity index (χ3n) is 7.00. The second-order valence-corrected chi connectivity index (χ2v) is 10.2. The zero-order valence-electron chi connectivity index (χ0n) is 20.8. The molecular formula is C28H23BrN6O4. The summed E-state index contributed by atoms with van der Waals surface area (Å²) in [6.07, 6.45) is 0.518. The Bertz CT molecular complexity index is 1510. The minimum absolute atomic E-state index is 0.256. The van der Waals surface area contributed by atoms with Crippen LogP contribution in [0, 0.1) is 0 Å². The molecule has 6 rings (SSSR count). The number of benzene rings is 3. The highest BCUT2D eigenvalue weighted by Crippen LogP contribution is 2.36. The highest BCUT2D eigenvalue weighted by atomic mass is 79.9. The fourth-order valence-corrected chi connectivity index (χ4v) is 5.45. The van der Waals surface area contributed by atoms with Crippen molar-refractivity contribution in [3.8, 4) is 5.75 Å². The molecule has 0 unspecified atom stereocenters. The van der Waals surface area contributed by atoms with Crippen LogP contribution < -0.4 is 9.64 Å². The molecule has 3 atom stereocenters. The second kappa shape index (κ2) is 10.1. The number of anilines is 1. The van der Waals surface area contributed by atoms with Gasteiger partial charge in [-0.3, -0.25) is 19.4 Å². The number of carbonyl (C=O) groups is 3. The lowest BCUT2D eigenvalue weighted by Gasteiger charge is -2.25. The molecule has 3 aromatic carbocycles. The number of amides is 3. The van der Waals surface area contributed by atoms with E-state index in [0.29, 0.717) is 17.9 Å². The minimum atomic E-state index is -0.997. The van der Waals surface area contributed by atoms with Crippen molar-refractivity contribution < 1.29 is 19.1 Å². The molecule has 0 aromatic heterocycles. The summed E-state index contributed by atoms with van der Waals surface area (Å²) < 4.78 is 6.02. The number of hydrazone groups is 1. The Morgan fingerprint density at radius 3 is 2.49 bits per heavy atom. The van der Waals surface area contributed by atoms with E-state index in [0.717, 1.165) is 26.2 Å². The van der Waals surface area contributed by atoms with Gasteiger partial charge in [0, 0.05) is 10.9 Å². The van der Waals surface area contributed by atoms with Gasteiger partial charge in [0.15, 0.2) is 12.1 Å². The van der Waals surface area contributed by atoms with Crippen LogP contribution in [0.3, 0.4) is 0 Å². The number of methoxy groups -OCH3 is 1. The van der Waals surface area contributed by atoms with Crippen LogP contribution in [0.1, 0.15) is 23.6 Å². The molecule has 1 saturated heterocycles. The molecule has 0 spiro atoms. The van der Waals surface area contributed by atoms with Crippen molar-refractivity contribution in [2.45, 2.75) is 24.5 Å². The van der Waals surface area contributed by atoms with E-state index in [1.807, 2.05) is 54.6 Å². The summed E-state index contributed by atoms with van der Waals surface area (Å²) in [6, 6.07) is 21.8. The zero-order valence-corrected chi connectivity index (χ0v) is 22.4. The van der Waals surface area contributed by atoms with Crippen LogP contribution in [0.15, 0.2) is 98.8 Å². The lowest BCUT2D eigenvalue weighted by atomic mass is 9.98. The second-order valence-electron chi connectivity index (χ2n) is 9.33. The molecule has 39 heavy (non-hydrogen) atoms. The molecule has 0 aliphatic carbocycles. The number of hydrogen-bond acceptors (Lipinski definition) is 8. The average Bonchev–Trinajstić information content (AvgIpc) is 3.65. The molecule has 1 fully saturated rings. The van der Waals surface area contributed by atoms with Gasteiger partial charge in [0.05, 0.1) is 24.6 Å². The molecule has 3 amide bonds. The summed E-state index contributed by atoms with van der Waals surface area (Å²) in [4.78, 5) is 41.2. The minimum Gasteiger partial charge on any atom is -0.497 e. The van der Waals surface area contributed by atoms with Gasteiger partial charge in [-0.1, -0.05) is 69.7 Å². The molecule has 11 heteroatoms. The normalized spacial score (nSPS) is 21.9. The van der Waals surface area contributed by atoms with Crippen molar-refractivity contribution in [1.82, 2.24) is 10.0 Å². The summed E-state index contributed by atoms with van der Waals surface area (Å²) in [7, 11) is 1.60. The van der Waals surface area contributed by atoms with E-state index in [1.165, 1.54) is 10.0 Å². The van der Waals surface area contributed by atoms with Gasteiger partial charge < -0.3 is 4.74 Å². The van der Waals surface area contributed by atoms with E-state index in [1.54, 1.807) is 31.4 Å². The smallest absolute Gasteiger partial charge is 0.264 e. The van der Waals surface area contributed by atoms with E-state index in [9.17, 15) is 14.4 Å². The molecule has 3 aliphatic rings. The van der Waals surface area contributed by atoms with Crippen molar-refractivity contribution in [3.05, 3.63) is 94.5 Å². The van der Waals surface area contributed by atoms with Crippen LogP contribution in [0.2, 0.25) is 0 Å². The SMILES string of the molecule is COc1ccc([C@@H]2CC(c3ccccc3)=NN2C(=O)CN2N=N[C@@H]3C(=O)N(c4cccc(Br)c4)C(=O)[C@H]32)cc1. The van der Waals surface area contributed by atoms with Gasteiger partial charge >= 0.3 is 0 Å². The molecule has 3 heterocycles. The molecule has 196 valence electrons. The van der Waals surface area contributed by atoms with E-state index in [2.05, 4.69) is 26.3 Å². The first-order valence-corrected chi connectivity index (χ1v) is 13.1. The van der Waals surface area contributed by atoms with E-state index in [-0.39, 0.29) is 18.5 Å². The first kappa shape index (κ1) is 24.9. The maximum atomic E-state index is 13.7. The number of carbonyl (C=O) groups excluding carboxylic acids is 3. The highest BCUT2D eigenvalue weighted by Gasteiger charge is 2.55. The predicted molar refractivity (Wildman–Crippen MR) is 146 cm³/mol. The Kier molecular flexibility index (Phi) is 6.43. The highest BCUT2D eigenvalue weighted by molar-refractivity contribution is 9.10. The van der Waals surface area contributed by atoms with Gasteiger partial charge in [-0.25, -0.2) is 9.91 Å². The third-order valence-corrected chi connectivity index (χ3v) is 7.49. The first-order chi connectivity index (χ1) is 18.9. The first-order valence-electron chi connectivity index (χ1n) is 12.3. The third kappa shape index (κ3) is 4.48. The van der Waals surface area contributed by atoms with Gasteiger partial charge in [0.1, 0.15) is 12.3 Å². The van der Waals surface area contributed by atoms with Crippen LogP contribution in [0.4, 0.5) is 5.69 Å². The summed E-state index contributed by atoms with van der Waals surface area (Å²) in [5, 5.41) is 15.5. The van der Waals surface area contributed by atoms with Gasteiger partial charge in [-0.05, 0) is 41.5 Å². The molecule has 3 aromatic rings. The van der Waals surface area contributed by atoms with Crippen molar-refractivity contribution in [3.63, 3.8) is 0 Å². The Hall–Kier alpha value is -4.38. The Labute approximate surface area is 232 Å². The maximum absolute atomic E-state index is 13.7. The van der Waals surface area contributed by atoms with Crippen LogP contribution in [0.25, 0.3) is 0 Å². The average molecular weight is 587 g/mol. The number of nitrogens with zero attached hydrogens (tertiary/aromatic N) is 6. The van der Waals surface area contributed by atoms with Crippen LogP contribution in [0.5, 0.6) is 5.75 Å². The fourth-order valence-electron chi connectivity index (χ4n) is 5.07. The maximum Gasteiger partial charge on any atom is 0.264 e. The lowest BCUT2D eigenvalue weighted by molar-refractivity contribution is -0.135. The summed E-state index contributed by atoms with van der Waals surface area (Å²) in [5.41, 5.74) is 3.03. The number of hydrogen-bond donors (Lipinski definition) is 0. The van der Waals surface area contributed by atoms with Gasteiger partial charge in [-0.2, -0.15) is 10.2 Å². The standard InChI is InChI=1S/C28H23BrN6O4/c1-39-21-12-10-18(11-13-21)23-15-22(17-6-3-2-4-7-17)31-35(23)24(36)16-33-26-25(30-32-33)27(37)34(28(26)38)20-9-5-8-19(29)14-20/h2-14,23,25-26H,15-16H2,1H3/t23-,25-,26-/m0/s1. The van der Waals surface area contributed by atoms with Crippen LogP contribution in [-0.2, 0) is 14.4 Å². The largest absolute Gasteiger partial charge is 0.497 e. The lowest BCUT2D eigenvalue weighted by Crippen LogP contribution is -2.44. The molecule has 0 radical (unpaired) electrons. The van der Waals surface area contributed by atoms with Gasteiger partial charge in [-0.15, -0.1) is 0 Å². The zero-order chi connectivity index (χ0) is 27.1. The monoisotopic (exact) mass is 586 g/mol. The quantitative estimate of drug-likeness (QED) is 0.404. The summed E-state index contributed by atoms with van der Waals surface area (Å²) >= 11 is 3.38. The fraction of sp³-hybridized carbons (Fsp3) is 0.214. The summed E-state index contributed by atoms with van der Waals surface area (Å²) in [5.74, 6) is -0.588. The van der Waals surface area contributed by atoms with E-state index in [4.69, 9.17) is 9.84 Å². The van der Waals surface area contributed by atoms with E-state index < -0.39 is 23.9 Å². The van der Waals surface area contributed by atoms with Crippen molar-refractivity contribution >= 4 is 45.1 Å². The Morgan fingerprint density at radius 2 is 1.77 bits per heavy atom. The number of ether oxygens (including phenoxy) is 1. The Morgan fingerprint density at radius 1 is 1.00 bits per heavy atom. The summed E-state index contributed by atoms with van der Waals surface area (Å²) in [6.45, 7) is -0.256. The molecule has 3 aliphatic heterocycles. The van der Waals surface area contributed by atoms with Crippen molar-refractivity contribution in [1.29, 1.82) is 0 Å². The van der Waals surface area contributed by atoms with Gasteiger partial charge in [0.25, 0.3) is 17.7 Å². The van der Waals surface area contributed by atoms with Crippen LogP contribution in [-0.4, -0.2) is 59.2 Å². The molecule has 0 bridgehead atoms. The van der Waals surface area contributed by atoms with Crippen molar-refractivity contribution in [2.24, 2.45) is 15.4 Å². The molecule has 0 saturated carbocycles. The topological polar surface area (TPSA) is 107 Å². The molecule has 0 N–H and O–H groups in total. The van der Waals surface area contributed by atoms with Gasteiger partial charge in [0.2, 0.25) is 0 Å². The number of rotatable bonds is 6. The number of halogens is 1. The number of imide groups is 1. The predicted octanol–water partition coefficient (Wildman–Crippen LogP) is 4.13. The Balaban J connectivity index is 1.26. The van der Waals surface area contributed by atoms with Crippen LogP contribution >= 0.6 is 15.9 Å². The number of fused-ring (bicyclic) bond motifs is 1. The molecule has 10 nitrogen and oxygen atoms in total. The van der Waals surface area contributed by atoms with Crippen molar-refractivity contribution in [2.75, 3.05) is 18.6 Å². The van der Waals surface area contributed by atoms with E-state index >= 15 is 0 Å².